The van der Waals surface area contributed by atoms with Crippen molar-refractivity contribution in [1.82, 2.24) is 15.1 Å². The average Bonchev–Trinajstić information content (AvgIpc) is 3.16. The van der Waals surface area contributed by atoms with Crippen LogP contribution in [0.15, 0.2) is 24.4 Å². The molecule has 21 heavy (non-hydrogen) atoms. The van der Waals surface area contributed by atoms with E-state index < -0.39 is 0 Å². The maximum absolute atomic E-state index is 11.9. The molecular weight excluding hydrogens is 266 g/mol. The predicted octanol–water partition coefficient (Wildman–Crippen LogP) is 1.62. The number of carbonyl (C=O) groups excluding carboxylic acids is 1. The number of hydrogen-bond acceptors (Lipinski definition) is 3. The minimum absolute atomic E-state index is 0.0195. The number of benzene rings is 1. The highest BCUT2D eigenvalue weighted by atomic mass is 16.3. The lowest BCUT2D eigenvalue weighted by molar-refractivity contribution is -0.121. The molecule has 0 bridgehead atoms. The first kappa shape index (κ1) is 14.1. The highest BCUT2D eigenvalue weighted by Crippen LogP contribution is 2.44. The Morgan fingerprint density at radius 3 is 3.00 bits per heavy atom. The van der Waals surface area contributed by atoms with Gasteiger partial charge in [-0.3, -0.25) is 9.48 Å². The highest BCUT2D eigenvalue weighted by Gasteiger charge is 2.41. The second kappa shape index (κ2) is 5.48. The summed E-state index contributed by atoms with van der Waals surface area (Å²) in [6.07, 6.45) is 4.28. The van der Waals surface area contributed by atoms with Crippen LogP contribution in [0.25, 0.3) is 10.9 Å². The molecule has 5 nitrogen and oxygen atoms in total. The Bertz CT molecular complexity index is 659. The Morgan fingerprint density at radius 2 is 2.29 bits per heavy atom. The summed E-state index contributed by atoms with van der Waals surface area (Å²) in [4.78, 5) is 11.9. The summed E-state index contributed by atoms with van der Waals surface area (Å²) in [5, 5.41) is 17.6. The van der Waals surface area contributed by atoms with E-state index in [1.54, 1.807) is 0 Å². The largest absolute Gasteiger partial charge is 0.396 e. The van der Waals surface area contributed by atoms with Crippen LogP contribution in [-0.4, -0.2) is 33.9 Å². The number of fused-ring (bicyclic) bond motifs is 1. The van der Waals surface area contributed by atoms with Gasteiger partial charge in [0.05, 0.1) is 24.9 Å². The molecular formula is C16H21N3O2. The highest BCUT2D eigenvalue weighted by molar-refractivity contribution is 5.82. The molecule has 1 saturated carbocycles. The molecule has 0 unspecified atom stereocenters. The number of rotatable bonds is 6. The number of amides is 1. The van der Waals surface area contributed by atoms with Crippen LogP contribution in [0.4, 0.5) is 0 Å². The second-order valence-corrected chi connectivity index (χ2v) is 6.06. The topological polar surface area (TPSA) is 67.2 Å². The first-order valence-electron chi connectivity index (χ1n) is 7.42. The molecule has 1 heterocycles. The summed E-state index contributed by atoms with van der Waals surface area (Å²) in [5.41, 5.74) is 2.23. The molecule has 0 saturated heterocycles. The number of nitrogens with one attached hydrogen (secondary N) is 1. The lowest BCUT2D eigenvalue weighted by Crippen LogP contribution is -2.32. The van der Waals surface area contributed by atoms with Crippen molar-refractivity contribution in [2.45, 2.75) is 32.7 Å². The van der Waals surface area contributed by atoms with Gasteiger partial charge in [0.1, 0.15) is 0 Å². The maximum Gasteiger partial charge on any atom is 0.221 e. The van der Waals surface area contributed by atoms with Gasteiger partial charge in [-0.1, -0.05) is 12.1 Å². The Morgan fingerprint density at radius 1 is 1.48 bits per heavy atom. The van der Waals surface area contributed by atoms with Gasteiger partial charge in [0.2, 0.25) is 5.91 Å². The summed E-state index contributed by atoms with van der Waals surface area (Å²) in [6, 6.07) is 6.09. The van der Waals surface area contributed by atoms with Crippen molar-refractivity contribution < 1.29 is 9.90 Å². The monoisotopic (exact) mass is 287 g/mol. The molecule has 1 amide bonds. The van der Waals surface area contributed by atoms with Crippen LogP contribution in [0.1, 0.15) is 24.8 Å². The predicted molar refractivity (Wildman–Crippen MR) is 80.8 cm³/mol. The standard InChI is InChI=1S/C16H21N3O2/c1-12-3-2-4-14-13(12)9-18-19(14)8-5-15(21)17-10-16(11-20)6-7-16/h2-4,9,20H,5-8,10-11H2,1H3,(H,17,21). The van der Waals surface area contributed by atoms with Gasteiger partial charge in [-0.2, -0.15) is 5.10 Å². The van der Waals surface area contributed by atoms with Crippen molar-refractivity contribution in [3.8, 4) is 0 Å². The molecule has 3 rings (SSSR count). The van der Waals surface area contributed by atoms with E-state index in [9.17, 15) is 9.90 Å². The minimum atomic E-state index is -0.0365. The molecule has 1 aromatic carbocycles. The smallest absolute Gasteiger partial charge is 0.221 e. The Balaban J connectivity index is 1.56. The van der Waals surface area contributed by atoms with Gasteiger partial charge in [0.25, 0.3) is 0 Å². The third kappa shape index (κ3) is 2.93. The van der Waals surface area contributed by atoms with Crippen molar-refractivity contribution in [2.24, 2.45) is 5.41 Å². The Labute approximate surface area is 124 Å². The van der Waals surface area contributed by atoms with E-state index in [0.717, 1.165) is 23.7 Å². The van der Waals surface area contributed by atoms with Crippen LogP contribution in [0, 0.1) is 12.3 Å². The maximum atomic E-state index is 11.9. The van der Waals surface area contributed by atoms with Crippen LogP contribution in [0.5, 0.6) is 0 Å². The minimum Gasteiger partial charge on any atom is -0.396 e. The molecule has 0 spiro atoms. The van der Waals surface area contributed by atoms with Gasteiger partial charge >= 0.3 is 0 Å². The van der Waals surface area contributed by atoms with Gasteiger partial charge in [-0.05, 0) is 31.4 Å². The fraction of sp³-hybridized carbons (Fsp3) is 0.500. The second-order valence-electron chi connectivity index (χ2n) is 6.06. The zero-order chi connectivity index (χ0) is 14.9. The van der Waals surface area contributed by atoms with Gasteiger partial charge in [0.15, 0.2) is 0 Å². The summed E-state index contributed by atoms with van der Waals surface area (Å²) < 4.78 is 1.88. The molecule has 112 valence electrons. The van der Waals surface area contributed by atoms with E-state index in [4.69, 9.17) is 0 Å². The van der Waals surface area contributed by atoms with E-state index in [2.05, 4.69) is 23.4 Å². The lowest BCUT2D eigenvalue weighted by Gasteiger charge is -2.12. The fourth-order valence-corrected chi connectivity index (χ4v) is 2.58. The summed E-state index contributed by atoms with van der Waals surface area (Å²) in [6.45, 7) is 3.38. The molecule has 1 aliphatic rings. The molecule has 1 fully saturated rings. The van der Waals surface area contributed by atoms with Crippen LogP contribution in [0.2, 0.25) is 0 Å². The molecule has 2 N–H and O–H groups in total. The zero-order valence-electron chi connectivity index (χ0n) is 12.3. The van der Waals surface area contributed by atoms with Crippen LogP contribution < -0.4 is 5.32 Å². The van der Waals surface area contributed by atoms with Gasteiger partial charge < -0.3 is 10.4 Å². The van der Waals surface area contributed by atoms with E-state index in [0.29, 0.717) is 19.5 Å². The van der Waals surface area contributed by atoms with E-state index >= 15 is 0 Å². The molecule has 0 aliphatic heterocycles. The SMILES string of the molecule is Cc1cccc2c1cnn2CCC(=O)NCC1(CO)CC1. The quantitative estimate of drug-likeness (QED) is 0.848. The number of carbonyl (C=O) groups is 1. The number of aryl methyl sites for hydroxylation is 2. The van der Waals surface area contributed by atoms with Gasteiger partial charge in [-0.15, -0.1) is 0 Å². The lowest BCUT2D eigenvalue weighted by atomic mass is 10.1. The molecule has 2 aromatic rings. The third-order valence-electron chi connectivity index (χ3n) is 4.41. The van der Waals surface area contributed by atoms with Gasteiger partial charge in [-0.25, -0.2) is 0 Å². The van der Waals surface area contributed by atoms with Crippen molar-refractivity contribution in [3.05, 3.63) is 30.0 Å². The van der Waals surface area contributed by atoms with Crippen LogP contribution in [0.3, 0.4) is 0 Å². The number of nitrogens with zero attached hydrogens (tertiary/aromatic N) is 2. The first-order valence-corrected chi connectivity index (χ1v) is 7.42. The molecule has 0 atom stereocenters. The summed E-state index contributed by atoms with van der Waals surface area (Å²) in [5.74, 6) is 0.0195. The molecule has 5 heteroatoms. The Hall–Kier alpha value is -1.88. The summed E-state index contributed by atoms with van der Waals surface area (Å²) in [7, 11) is 0. The number of aliphatic hydroxyl groups is 1. The van der Waals surface area contributed by atoms with E-state index in [1.165, 1.54) is 5.56 Å². The van der Waals surface area contributed by atoms with Crippen molar-refractivity contribution in [3.63, 3.8) is 0 Å². The average molecular weight is 287 g/mol. The van der Waals surface area contributed by atoms with Gasteiger partial charge in [0, 0.05) is 23.8 Å². The third-order valence-corrected chi connectivity index (χ3v) is 4.41. The first-order chi connectivity index (χ1) is 10.1. The number of hydrogen-bond donors (Lipinski definition) is 2. The zero-order valence-corrected chi connectivity index (χ0v) is 12.3. The number of aromatic nitrogens is 2. The Kier molecular flexibility index (Phi) is 3.68. The van der Waals surface area contributed by atoms with Crippen LogP contribution >= 0.6 is 0 Å². The summed E-state index contributed by atoms with van der Waals surface area (Å²) >= 11 is 0. The van der Waals surface area contributed by atoms with E-state index in [-0.39, 0.29) is 17.9 Å². The number of aliphatic hydroxyl groups excluding tert-OH is 1. The molecule has 1 aliphatic carbocycles. The van der Waals surface area contributed by atoms with Crippen molar-refractivity contribution in [1.29, 1.82) is 0 Å². The fourth-order valence-electron chi connectivity index (χ4n) is 2.58. The van der Waals surface area contributed by atoms with Crippen molar-refractivity contribution in [2.75, 3.05) is 13.2 Å². The van der Waals surface area contributed by atoms with Crippen LogP contribution in [-0.2, 0) is 11.3 Å². The van der Waals surface area contributed by atoms with E-state index in [1.807, 2.05) is 23.0 Å². The van der Waals surface area contributed by atoms with Crippen molar-refractivity contribution >= 4 is 16.8 Å². The normalized spacial score (nSPS) is 16.1. The molecule has 1 aromatic heterocycles. The molecule has 0 radical (unpaired) electrons.